The van der Waals surface area contributed by atoms with Gasteiger partial charge < -0.3 is 14.9 Å². The van der Waals surface area contributed by atoms with E-state index >= 15 is 0 Å². The van der Waals surface area contributed by atoms with Gasteiger partial charge in [-0.2, -0.15) is 0 Å². The predicted molar refractivity (Wildman–Crippen MR) is 60.1 cm³/mol. The molecule has 1 unspecified atom stereocenters. The highest BCUT2D eigenvalue weighted by atomic mass is 16.6. The topological polar surface area (TPSA) is 101 Å². The zero-order valence-electron chi connectivity index (χ0n) is 10.0. The minimum Gasteiger partial charge on any atom is -0.478 e. The highest BCUT2D eigenvalue weighted by molar-refractivity contribution is 5.94. The van der Waals surface area contributed by atoms with Crippen LogP contribution in [0.25, 0.3) is 0 Å². The Kier molecular flexibility index (Phi) is 11.3. The van der Waals surface area contributed by atoms with Crippen LogP contribution in [0.2, 0.25) is 0 Å². The smallest absolute Gasteiger partial charge is 0.327 e. The number of hydrogen-bond acceptors (Lipinski definition) is 5. The van der Waals surface area contributed by atoms with Crippen LogP contribution in [-0.2, 0) is 19.1 Å². The average molecular weight is 246 g/mol. The number of carbonyl (C=O) groups is 3. The fourth-order valence-corrected chi connectivity index (χ4v) is 0.703. The predicted octanol–water partition coefficient (Wildman–Crippen LogP) is 0.884. The highest BCUT2D eigenvalue weighted by Crippen LogP contribution is 2.00. The highest BCUT2D eigenvalue weighted by Gasteiger charge is 2.11. The van der Waals surface area contributed by atoms with Crippen molar-refractivity contribution in [3.8, 4) is 0 Å². The average Bonchev–Trinajstić information content (AvgIpc) is 2.17. The van der Waals surface area contributed by atoms with Crippen LogP contribution in [0.15, 0.2) is 12.7 Å². The number of hydrogen-bond donors (Lipinski definition) is 2. The van der Waals surface area contributed by atoms with E-state index in [4.69, 9.17) is 10.2 Å². The summed E-state index contributed by atoms with van der Waals surface area (Å²) in [6.45, 7) is 6.12. The van der Waals surface area contributed by atoms with E-state index in [1.165, 1.54) is 6.92 Å². The van der Waals surface area contributed by atoms with Crippen molar-refractivity contribution in [1.82, 2.24) is 0 Å². The standard InChI is InChI=1S/C8H14O4.C3H4O2/c1-3-4-7(10)12-8(11)5-6(2)9;1-2-3(4)5/h7,10H,3-5H2,1-2H3;2H,1H2,(H,4,5). The Bertz CT molecular complexity index is 271. The van der Waals surface area contributed by atoms with Crippen LogP contribution < -0.4 is 0 Å². The minimum absolute atomic E-state index is 0.260. The van der Waals surface area contributed by atoms with E-state index in [2.05, 4.69) is 11.3 Å². The molecule has 0 heterocycles. The molecule has 0 amide bonds. The zero-order valence-corrected chi connectivity index (χ0v) is 10.0. The lowest BCUT2D eigenvalue weighted by Crippen LogP contribution is -2.18. The van der Waals surface area contributed by atoms with Crippen molar-refractivity contribution in [2.45, 2.75) is 39.4 Å². The minimum atomic E-state index is -1.07. The molecule has 0 aliphatic heterocycles. The zero-order chi connectivity index (χ0) is 13.8. The Hall–Kier alpha value is -1.69. The van der Waals surface area contributed by atoms with Gasteiger partial charge >= 0.3 is 11.9 Å². The molecular formula is C11H18O6. The van der Waals surface area contributed by atoms with Crippen molar-refractivity contribution in [3.63, 3.8) is 0 Å². The van der Waals surface area contributed by atoms with E-state index in [1.807, 2.05) is 6.92 Å². The molecule has 0 bridgehead atoms. The molecule has 6 heteroatoms. The van der Waals surface area contributed by atoms with Gasteiger partial charge in [0.25, 0.3) is 0 Å². The molecule has 0 fully saturated rings. The first-order chi connectivity index (χ1) is 7.83. The SMILES string of the molecule is C=CC(=O)O.CCCC(O)OC(=O)CC(C)=O. The van der Waals surface area contributed by atoms with Crippen LogP contribution in [0.5, 0.6) is 0 Å². The van der Waals surface area contributed by atoms with Crippen molar-refractivity contribution in [3.05, 3.63) is 12.7 Å². The Morgan fingerprint density at radius 2 is 1.88 bits per heavy atom. The van der Waals surface area contributed by atoms with Crippen molar-refractivity contribution < 1.29 is 29.3 Å². The molecule has 0 aromatic rings. The van der Waals surface area contributed by atoms with Gasteiger partial charge in [-0.3, -0.25) is 9.59 Å². The first-order valence-electron chi connectivity index (χ1n) is 5.05. The molecule has 1 atom stereocenters. The summed E-state index contributed by atoms with van der Waals surface area (Å²) < 4.78 is 4.50. The Balaban J connectivity index is 0. The summed E-state index contributed by atoms with van der Waals surface area (Å²) in [6, 6.07) is 0. The molecule has 0 saturated heterocycles. The Morgan fingerprint density at radius 3 is 2.18 bits per heavy atom. The second-order valence-corrected chi connectivity index (χ2v) is 3.15. The Morgan fingerprint density at radius 1 is 1.41 bits per heavy atom. The molecule has 0 spiro atoms. The van der Waals surface area contributed by atoms with Crippen molar-refractivity contribution in [2.75, 3.05) is 0 Å². The molecular weight excluding hydrogens is 228 g/mol. The van der Waals surface area contributed by atoms with Gasteiger partial charge in [0, 0.05) is 12.5 Å². The van der Waals surface area contributed by atoms with E-state index < -0.39 is 18.2 Å². The van der Waals surface area contributed by atoms with Gasteiger partial charge in [0.2, 0.25) is 6.29 Å². The van der Waals surface area contributed by atoms with Crippen LogP contribution in [0.4, 0.5) is 0 Å². The van der Waals surface area contributed by atoms with E-state index in [1.54, 1.807) is 0 Å². The number of carboxylic acid groups (broad SMARTS) is 1. The first kappa shape index (κ1) is 17.7. The largest absolute Gasteiger partial charge is 0.478 e. The third kappa shape index (κ3) is 17.0. The number of aliphatic hydroxyl groups is 1. The van der Waals surface area contributed by atoms with Crippen LogP contribution in [0.3, 0.4) is 0 Å². The van der Waals surface area contributed by atoms with E-state index in [0.29, 0.717) is 6.42 Å². The molecule has 98 valence electrons. The molecule has 0 saturated carbocycles. The number of aliphatic hydroxyl groups excluding tert-OH is 1. The molecule has 6 nitrogen and oxygen atoms in total. The molecule has 17 heavy (non-hydrogen) atoms. The lowest BCUT2D eigenvalue weighted by molar-refractivity contribution is -0.169. The molecule has 0 aliphatic carbocycles. The first-order valence-corrected chi connectivity index (χ1v) is 5.05. The molecule has 0 rings (SSSR count). The third-order valence-electron chi connectivity index (χ3n) is 1.37. The second kappa shape index (κ2) is 10.8. The lowest BCUT2D eigenvalue weighted by Gasteiger charge is -2.09. The number of ether oxygens (including phenoxy) is 1. The fraction of sp³-hybridized carbons (Fsp3) is 0.545. The van der Waals surface area contributed by atoms with Crippen molar-refractivity contribution >= 4 is 17.7 Å². The number of carbonyl (C=O) groups excluding carboxylic acids is 2. The summed E-state index contributed by atoms with van der Waals surface area (Å²) in [5.74, 6) is -1.91. The van der Waals surface area contributed by atoms with Gasteiger partial charge in [-0.25, -0.2) is 4.79 Å². The summed E-state index contributed by atoms with van der Waals surface area (Å²) in [7, 11) is 0. The summed E-state index contributed by atoms with van der Waals surface area (Å²) in [5.41, 5.74) is 0. The normalized spacial score (nSPS) is 10.5. The maximum absolute atomic E-state index is 10.7. The number of carboxylic acids is 1. The summed E-state index contributed by atoms with van der Waals surface area (Å²) in [5, 5.41) is 16.6. The molecule has 0 radical (unpaired) electrons. The van der Waals surface area contributed by atoms with Gasteiger partial charge in [-0.1, -0.05) is 19.9 Å². The molecule has 0 aromatic carbocycles. The van der Waals surface area contributed by atoms with Crippen LogP contribution in [0, 0.1) is 0 Å². The third-order valence-corrected chi connectivity index (χ3v) is 1.37. The van der Waals surface area contributed by atoms with Gasteiger partial charge in [-0.15, -0.1) is 0 Å². The van der Waals surface area contributed by atoms with E-state index in [-0.39, 0.29) is 12.2 Å². The quantitative estimate of drug-likeness (QED) is 0.312. The number of ketones is 1. The molecule has 0 aromatic heterocycles. The number of esters is 1. The maximum atomic E-state index is 10.7. The number of aliphatic carboxylic acids is 1. The number of rotatable bonds is 6. The summed E-state index contributed by atoms with van der Waals surface area (Å²) in [4.78, 5) is 30.4. The molecule has 2 N–H and O–H groups in total. The van der Waals surface area contributed by atoms with Gasteiger partial charge in [0.1, 0.15) is 12.2 Å². The van der Waals surface area contributed by atoms with Gasteiger partial charge in [0.05, 0.1) is 0 Å². The molecule has 0 aliphatic rings. The monoisotopic (exact) mass is 246 g/mol. The van der Waals surface area contributed by atoms with Crippen LogP contribution >= 0.6 is 0 Å². The number of Topliss-reactive ketones (excluding diaryl/α,β-unsaturated/α-hetero) is 1. The van der Waals surface area contributed by atoms with Crippen molar-refractivity contribution in [2.24, 2.45) is 0 Å². The fourth-order valence-electron chi connectivity index (χ4n) is 0.703. The van der Waals surface area contributed by atoms with Crippen LogP contribution in [0.1, 0.15) is 33.1 Å². The lowest BCUT2D eigenvalue weighted by atomic mass is 10.3. The van der Waals surface area contributed by atoms with Gasteiger partial charge in [0.15, 0.2) is 0 Å². The summed E-state index contributed by atoms with van der Waals surface area (Å²) >= 11 is 0. The summed E-state index contributed by atoms with van der Waals surface area (Å²) in [6.07, 6.45) is 0.640. The van der Waals surface area contributed by atoms with Crippen molar-refractivity contribution in [1.29, 1.82) is 0 Å². The van der Waals surface area contributed by atoms with Gasteiger partial charge in [-0.05, 0) is 6.92 Å². The Labute approximate surface area is 99.9 Å². The van der Waals surface area contributed by atoms with E-state index in [9.17, 15) is 14.4 Å². The van der Waals surface area contributed by atoms with Crippen LogP contribution in [-0.4, -0.2) is 34.2 Å². The van der Waals surface area contributed by atoms with E-state index in [0.717, 1.165) is 12.5 Å². The maximum Gasteiger partial charge on any atom is 0.327 e. The second-order valence-electron chi connectivity index (χ2n) is 3.15.